The summed E-state index contributed by atoms with van der Waals surface area (Å²) in [6.45, 7) is 2.47. The van der Waals surface area contributed by atoms with Crippen LogP contribution in [-0.4, -0.2) is 46.8 Å². The Morgan fingerprint density at radius 3 is 2.70 bits per heavy atom. The first-order valence-corrected chi connectivity index (χ1v) is 7.88. The first kappa shape index (κ1) is 15.6. The zero-order valence-corrected chi connectivity index (χ0v) is 13.3. The SMILES string of the molecule is Cn1ccnc1CC(NC(=O)N1CCOCC1)c1ccccc1. The van der Waals surface area contributed by atoms with E-state index < -0.39 is 0 Å². The molecule has 1 aliphatic heterocycles. The van der Waals surface area contributed by atoms with Gasteiger partial charge in [-0.2, -0.15) is 0 Å². The highest BCUT2D eigenvalue weighted by molar-refractivity contribution is 5.74. The number of ether oxygens (including phenoxy) is 1. The molecule has 1 aromatic carbocycles. The fourth-order valence-corrected chi connectivity index (χ4v) is 2.72. The average molecular weight is 314 g/mol. The quantitative estimate of drug-likeness (QED) is 0.935. The second kappa shape index (κ2) is 7.28. The molecule has 122 valence electrons. The highest BCUT2D eigenvalue weighted by atomic mass is 16.5. The van der Waals surface area contributed by atoms with E-state index in [9.17, 15) is 4.79 Å². The molecule has 6 nitrogen and oxygen atoms in total. The predicted octanol–water partition coefficient (Wildman–Crippen LogP) is 1.75. The van der Waals surface area contributed by atoms with E-state index in [1.165, 1.54) is 0 Å². The summed E-state index contributed by atoms with van der Waals surface area (Å²) in [5.74, 6) is 0.945. The molecule has 0 spiro atoms. The van der Waals surface area contributed by atoms with Gasteiger partial charge in [0.2, 0.25) is 0 Å². The van der Waals surface area contributed by atoms with E-state index in [0.29, 0.717) is 32.7 Å². The van der Waals surface area contributed by atoms with Crippen molar-refractivity contribution in [1.29, 1.82) is 0 Å². The minimum Gasteiger partial charge on any atom is -0.378 e. The fraction of sp³-hybridized carbons (Fsp3) is 0.412. The molecule has 0 bridgehead atoms. The van der Waals surface area contributed by atoms with Gasteiger partial charge in [0.05, 0.1) is 19.3 Å². The Bertz CT molecular complexity index is 635. The van der Waals surface area contributed by atoms with Crippen LogP contribution < -0.4 is 5.32 Å². The van der Waals surface area contributed by atoms with Crippen molar-refractivity contribution < 1.29 is 9.53 Å². The van der Waals surface area contributed by atoms with Crippen molar-refractivity contribution in [2.24, 2.45) is 7.05 Å². The molecule has 1 aliphatic rings. The third-order valence-electron chi connectivity index (χ3n) is 4.11. The number of nitrogens with zero attached hydrogens (tertiary/aromatic N) is 3. The molecule has 1 fully saturated rings. The number of morpholine rings is 1. The second-order valence-electron chi connectivity index (χ2n) is 5.67. The lowest BCUT2D eigenvalue weighted by Crippen LogP contribution is -2.47. The van der Waals surface area contributed by atoms with Crippen LogP contribution in [0.5, 0.6) is 0 Å². The van der Waals surface area contributed by atoms with Gasteiger partial charge in [0, 0.05) is 39.0 Å². The summed E-state index contributed by atoms with van der Waals surface area (Å²) in [5.41, 5.74) is 1.08. The molecular formula is C17H22N4O2. The number of benzene rings is 1. The Hall–Kier alpha value is -2.34. The van der Waals surface area contributed by atoms with Crippen LogP contribution in [0, 0.1) is 0 Å². The van der Waals surface area contributed by atoms with Gasteiger partial charge in [0.15, 0.2) is 0 Å². The number of hydrogen-bond donors (Lipinski definition) is 1. The highest BCUT2D eigenvalue weighted by Gasteiger charge is 2.22. The molecule has 2 amide bonds. The average Bonchev–Trinajstić information content (AvgIpc) is 3.00. The summed E-state index contributed by atoms with van der Waals surface area (Å²) in [6, 6.07) is 9.87. The maximum Gasteiger partial charge on any atom is 0.318 e. The zero-order chi connectivity index (χ0) is 16.1. The van der Waals surface area contributed by atoms with E-state index in [1.54, 1.807) is 11.1 Å². The van der Waals surface area contributed by atoms with Gasteiger partial charge >= 0.3 is 6.03 Å². The summed E-state index contributed by atoms with van der Waals surface area (Å²) < 4.78 is 7.29. The summed E-state index contributed by atoms with van der Waals surface area (Å²) in [7, 11) is 1.97. The Kier molecular flexibility index (Phi) is 4.92. The first-order valence-electron chi connectivity index (χ1n) is 7.88. The molecule has 0 saturated carbocycles. The fourth-order valence-electron chi connectivity index (χ4n) is 2.72. The largest absolute Gasteiger partial charge is 0.378 e. The van der Waals surface area contributed by atoms with Gasteiger partial charge in [-0.15, -0.1) is 0 Å². The van der Waals surface area contributed by atoms with Crippen LogP contribution in [0.25, 0.3) is 0 Å². The van der Waals surface area contributed by atoms with Gasteiger partial charge in [0.1, 0.15) is 5.82 Å². The van der Waals surface area contributed by atoms with Crippen molar-refractivity contribution in [3.05, 3.63) is 54.1 Å². The Balaban J connectivity index is 1.75. The van der Waals surface area contributed by atoms with Crippen molar-refractivity contribution in [1.82, 2.24) is 19.8 Å². The van der Waals surface area contributed by atoms with Gasteiger partial charge < -0.3 is 19.5 Å². The highest BCUT2D eigenvalue weighted by Crippen LogP contribution is 2.18. The lowest BCUT2D eigenvalue weighted by atomic mass is 10.0. The van der Waals surface area contributed by atoms with E-state index in [1.807, 2.05) is 48.1 Å². The van der Waals surface area contributed by atoms with E-state index in [2.05, 4.69) is 10.3 Å². The molecule has 2 aromatic rings. The van der Waals surface area contributed by atoms with Crippen LogP contribution in [0.4, 0.5) is 4.79 Å². The van der Waals surface area contributed by atoms with Crippen molar-refractivity contribution in [3.8, 4) is 0 Å². The van der Waals surface area contributed by atoms with E-state index >= 15 is 0 Å². The van der Waals surface area contributed by atoms with Gasteiger partial charge in [0.25, 0.3) is 0 Å². The van der Waals surface area contributed by atoms with Gasteiger partial charge in [-0.05, 0) is 5.56 Å². The van der Waals surface area contributed by atoms with Crippen molar-refractivity contribution in [2.45, 2.75) is 12.5 Å². The van der Waals surface area contributed by atoms with Gasteiger partial charge in [-0.3, -0.25) is 0 Å². The smallest absolute Gasteiger partial charge is 0.318 e. The molecule has 0 radical (unpaired) electrons. The van der Waals surface area contributed by atoms with Crippen LogP contribution in [0.3, 0.4) is 0 Å². The Morgan fingerprint density at radius 1 is 1.30 bits per heavy atom. The van der Waals surface area contributed by atoms with E-state index in [0.717, 1.165) is 11.4 Å². The standard InChI is InChI=1S/C17H22N4O2/c1-20-8-7-18-16(20)13-15(14-5-3-2-4-6-14)19-17(22)21-9-11-23-12-10-21/h2-8,15H,9-13H2,1H3,(H,19,22). The number of hydrogen-bond acceptors (Lipinski definition) is 3. The monoisotopic (exact) mass is 314 g/mol. The third-order valence-corrected chi connectivity index (χ3v) is 4.11. The number of aromatic nitrogens is 2. The van der Waals surface area contributed by atoms with Gasteiger partial charge in [-0.1, -0.05) is 30.3 Å². The number of amides is 2. The molecule has 2 heterocycles. The maximum atomic E-state index is 12.5. The topological polar surface area (TPSA) is 59.4 Å². The third kappa shape index (κ3) is 3.90. The molecule has 1 aromatic heterocycles. The van der Waals surface area contributed by atoms with Crippen LogP contribution in [0.1, 0.15) is 17.4 Å². The molecule has 1 unspecified atom stereocenters. The molecule has 1 saturated heterocycles. The molecule has 0 aliphatic carbocycles. The maximum absolute atomic E-state index is 12.5. The molecular weight excluding hydrogens is 292 g/mol. The molecule has 1 N–H and O–H groups in total. The minimum absolute atomic E-state index is 0.0450. The number of aryl methyl sites for hydroxylation is 1. The molecule has 1 atom stereocenters. The van der Waals surface area contributed by atoms with Crippen molar-refractivity contribution in [3.63, 3.8) is 0 Å². The zero-order valence-electron chi connectivity index (χ0n) is 13.3. The van der Waals surface area contributed by atoms with Crippen LogP contribution in [-0.2, 0) is 18.2 Å². The summed E-state index contributed by atoms with van der Waals surface area (Å²) in [4.78, 5) is 18.7. The van der Waals surface area contributed by atoms with Crippen LogP contribution in [0.2, 0.25) is 0 Å². The second-order valence-corrected chi connectivity index (χ2v) is 5.67. The lowest BCUT2D eigenvalue weighted by Gasteiger charge is -2.29. The number of imidazole rings is 1. The number of urea groups is 1. The lowest BCUT2D eigenvalue weighted by molar-refractivity contribution is 0.0524. The number of carbonyl (C=O) groups excluding carboxylic acids is 1. The number of rotatable bonds is 4. The minimum atomic E-state index is -0.104. The van der Waals surface area contributed by atoms with E-state index in [-0.39, 0.29) is 12.1 Å². The Morgan fingerprint density at radius 2 is 2.04 bits per heavy atom. The molecule has 23 heavy (non-hydrogen) atoms. The summed E-state index contributed by atoms with van der Waals surface area (Å²) in [5, 5.41) is 3.15. The predicted molar refractivity (Wildman–Crippen MR) is 87.0 cm³/mol. The molecule has 3 rings (SSSR count). The number of nitrogens with one attached hydrogen (secondary N) is 1. The van der Waals surface area contributed by atoms with Crippen molar-refractivity contribution in [2.75, 3.05) is 26.3 Å². The van der Waals surface area contributed by atoms with Crippen molar-refractivity contribution >= 4 is 6.03 Å². The summed E-state index contributed by atoms with van der Waals surface area (Å²) in [6.07, 6.45) is 4.35. The summed E-state index contributed by atoms with van der Waals surface area (Å²) >= 11 is 0. The van der Waals surface area contributed by atoms with Gasteiger partial charge in [-0.25, -0.2) is 9.78 Å². The van der Waals surface area contributed by atoms with Crippen LogP contribution >= 0.6 is 0 Å². The molecule has 6 heteroatoms. The Labute approximate surface area is 136 Å². The number of carbonyl (C=O) groups is 1. The van der Waals surface area contributed by atoms with Crippen LogP contribution in [0.15, 0.2) is 42.7 Å². The first-order chi connectivity index (χ1) is 11.2. The van der Waals surface area contributed by atoms with E-state index in [4.69, 9.17) is 4.74 Å². The normalized spacial score (nSPS) is 16.1.